The lowest BCUT2D eigenvalue weighted by molar-refractivity contribution is -0.114. The number of hydrogen-bond donors (Lipinski definition) is 2. The highest BCUT2D eigenvalue weighted by molar-refractivity contribution is 7.93. The third kappa shape index (κ3) is 6.92. The van der Waals surface area contributed by atoms with Gasteiger partial charge in [-0.2, -0.15) is 0 Å². The molecule has 0 aliphatic rings. The van der Waals surface area contributed by atoms with Crippen LogP contribution in [0.25, 0.3) is 0 Å². The second-order valence-electron chi connectivity index (χ2n) is 10.00. The summed E-state index contributed by atoms with van der Waals surface area (Å²) in [4.78, 5) is 13.2. The van der Waals surface area contributed by atoms with E-state index in [9.17, 15) is 21.6 Å². The fourth-order valence-electron chi connectivity index (χ4n) is 4.38. The zero-order valence-electron chi connectivity index (χ0n) is 24.0. The summed E-state index contributed by atoms with van der Waals surface area (Å²) in [6, 6.07) is 22.5. The fourth-order valence-corrected chi connectivity index (χ4v) is 6.92. The number of carbonyl (C=O) groups excluding carboxylic acids is 1. The summed E-state index contributed by atoms with van der Waals surface area (Å²) in [6.45, 7) is 6.89. The number of benzene rings is 4. The predicted octanol–water partition coefficient (Wildman–Crippen LogP) is 5.56. The van der Waals surface area contributed by atoms with Crippen molar-refractivity contribution >= 4 is 43.0 Å². The minimum atomic E-state index is -4.08. The first-order valence-corrected chi connectivity index (χ1v) is 16.0. The number of carbonyl (C=O) groups is 1. The molecule has 0 radical (unpaired) electrons. The summed E-state index contributed by atoms with van der Waals surface area (Å²) in [5.74, 6) is -0.217. The van der Waals surface area contributed by atoms with Gasteiger partial charge in [-0.3, -0.25) is 13.8 Å². The number of methoxy groups -OCH3 is 1. The standard InChI is InChI=1S/C31H33N3O6S2/c1-21-6-12-27(13-7-21)42(38,39)34(29-16-8-22(2)18-24(29)4)20-31(35)32-25-10-14-26(15-11-25)41(36,37)33-28-19-23(3)9-17-30(28)40-5/h6-19,33H,20H2,1-5H3,(H,32,35). The molecule has 0 aliphatic heterocycles. The van der Waals surface area contributed by atoms with Crippen LogP contribution in [0.15, 0.2) is 94.7 Å². The van der Waals surface area contributed by atoms with E-state index in [-0.39, 0.29) is 9.79 Å². The van der Waals surface area contributed by atoms with Gasteiger partial charge in [0.05, 0.1) is 28.3 Å². The molecule has 42 heavy (non-hydrogen) atoms. The minimum Gasteiger partial charge on any atom is -0.495 e. The molecule has 0 saturated carbocycles. The number of anilines is 3. The average molecular weight is 608 g/mol. The van der Waals surface area contributed by atoms with Gasteiger partial charge in [-0.25, -0.2) is 16.8 Å². The van der Waals surface area contributed by atoms with Gasteiger partial charge in [0.25, 0.3) is 20.0 Å². The Morgan fingerprint density at radius 2 is 1.31 bits per heavy atom. The van der Waals surface area contributed by atoms with E-state index in [1.807, 2.05) is 26.8 Å². The molecular formula is C31H33N3O6S2. The van der Waals surface area contributed by atoms with E-state index in [2.05, 4.69) is 10.0 Å². The van der Waals surface area contributed by atoms with Gasteiger partial charge in [0.1, 0.15) is 12.3 Å². The summed E-state index contributed by atoms with van der Waals surface area (Å²) in [5, 5.41) is 2.68. The van der Waals surface area contributed by atoms with Crippen molar-refractivity contribution in [2.24, 2.45) is 0 Å². The van der Waals surface area contributed by atoms with Crippen LogP contribution in [0, 0.1) is 27.7 Å². The number of nitrogens with zero attached hydrogens (tertiary/aromatic N) is 1. The lowest BCUT2D eigenvalue weighted by Crippen LogP contribution is -2.38. The van der Waals surface area contributed by atoms with Crippen molar-refractivity contribution in [1.29, 1.82) is 0 Å². The second kappa shape index (κ2) is 12.3. The first-order valence-electron chi connectivity index (χ1n) is 13.0. The number of aryl methyl sites for hydroxylation is 4. The highest BCUT2D eigenvalue weighted by Gasteiger charge is 2.28. The molecule has 1 amide bonds. The predicted molar refractivity (Wildman–Crippen MR) is 165 cm³/mol. The van der Waals surface area contributed by atoms with Crippen molar-refractivity contribution in [3.8, 4) is 5.75 Å². The highest BCUT2D eigenvalue weighted by atomic mass is 32.2. The molecule has 0 unspecified atom stereocenters. The Labute approximate surface area is 247 Å². The van der Waals surface area contributed by atoms with Crippen molar-refractivity contribution in [1.82, 2.24) is 0 Å². The van der Waals surface area contributed by atoms with Crippen molar-refractivity contribution < 1.29 is 26.4 Å². The van der Waals surface area contributed by atoms with Crippen LogP contribution >= 0.6 is 0 Å². The van der Waals surface area contributed by atoms with Crippen LogP contribution < -0.4 is 19.1 Å². The van der Waals surface area contributed by atoms with E-state index in [4.69, 9.17) is 4.74 Å². The lowest BCUT2D eigenvalue weighted by atomic mass is 10.1. The summed E-state index contributed by atoms with van der Waals surface area (Å²) in [6.07, 6.45) is 0. The van der Waals surface area contributed by atoms with Crippen LogP contribution in [0.2, 0.25) is 0 Å². The Kier molecular flexibility index (Phi) is 8.93. The van der Waals surface area contributed by atoms with Crippen LogP contribution in [-0.4, -0.2) is 36.4 Å². The molecule has 0 spiro atoms. The smallest absolute Gasteiger partial charge is 0.264 e. The summed E-state index contributed by atoms with van der Waals surface area (Å²) in [5.41, 5.74) is 4.41. The first kappa shape index (κ1) is 30.6. The molecule has 0 aromatic heterocycles. The summed E-state index contributed by atoms with van der Waals surface area (Å²) >= 11 is 0. The first-order chi connectivity index (χ1) is 19.8. The van der Waals surface area contributed by atoms with Crippen LogP contribution in [0.3, 0.4) is 0 Å². The molecule has 0 aliphatic carbocycles. The molecule has 0 saturated heterocycles. The van der Waals surface area contributed by atoms with Crippen LogP contribution in [0.5, 0.6) is 5.75 Å². The molecule has 11 heteroatoms. The molecule has 4 aromatic carbocycles. The minimum absolute atomic E-state index is 0.0251. The molecule has 0 fully saturated rings. The third-order valence-corrected chi connectivity index (χ3v) is 9.72. The van der Waals surface area contributed by atoms with Crippen molar-refractivity contribution in [2.75, 3.05) is 28.0 Å². The zero-order chi connectivity index (χ0) is 30.7. The van der Waals surface area contributed by atoms with E-state index in [0.717, 1.165) is 21.0 Å². The van der Waals surface area contributed by atoms with Crippen LogP contribution in [0.1, 0.15) is 22.3 Å². The van der Waals surface area contributed by atoms with Gasteiger partial charge in [0.2, 0.25) is 5.91 Å². The molecule has 2 N–H and O–H groups in total. The Hall–Kier alpha value is -4.35. The largest absolute Gasteiger partial charge is 0.495 e. The number of sulfonamides is 2. The Morgan fingerprint density at radius 1 is 0.738 bits per heavy atom. The molecule has 0 bridgehead atoms. The van der Waals surface area contributed by atoms with Crippen LogP contribution in [-0.2, 0) is 24.8 Å². The average Bonchev–Trinajstić information content (AvgIpc) is 2.92. The highest BCUT2D eigenvalue weighted by Crippen LogP contribution is 2.29. The number of nitrogens with one attached hydrogen (secondary N) is 2. The van der Waals surface area contributed by atoms with Crippen molar-refractivity contribution in [3.63, 3.8) is 0 Å². The molecule has 4 aromatic rings. The van der Waals surface area contributed by atoms with Gasteiger partial charge in [-0.05, 0) is 93.4 Å². The van der Waals surface area contributed by atoms with E-state index < -0.39 is 32.5 Å². The second-order valence-corrected chi connectivity index (χ2v) is 13.5. The molecule has 220 valence electrons. The topological polar surface area (TPSA) is 122 Å². The monoisotopic (exact) mass is 607 g/mol. The SMILES string of the molecule is COc1ccc(C)cc1NS(=O)(=O)c1ccc(NC(=O)CN(c2ccc(C)cc2C)S(=O)(=O)c2ccc(C)cc2)cc1. The Morgan fingerprint density at radius 3 is 1.93 bits per heavy atom. The number of ether oxygens (including phenoxy) is 1. The van der Waals surface area contributed by atoms with Gasteiger partial charge in [-0.1, -0.05) is 41.5 Å². The maximum absolute atomic E-state index is 13.7. The maximum atomic E-state index is 13.7. The van der Waals surface area contributed by atoms with Gasteiger partial charge in [0.15, 0.2) is 0 Å². The van der Waals surface area contributed by atoms with Crippen LogP contribution in [0.4, 0.5) is 17.1 Å². The number of rotatable bonds is 10. The van der Waals surface area contributed by atoms with Gasteiger partial charge >= 0.3 is 0 Å². The van der Waals surface area contributed by atoms with E-state index >= 15 is 0 Å². The van der Waals surface area contributed by atoms with E-state index in [1.165, 1.54) is 43.5 Å². The molecule has 4 rings (SSSR count). The van der Waals surface area contributed by atoms with Gasteiger partial charge < -0.3 is 10.1 Å². The third-order valence-electron chi connectivity index (χ3n) is 6.56. The van der Waals surface area contributed by atoms with Gasteiger partial charge in [-0.15, -0.1) is 0 Å². The number of amides is 1. The molecular weight excluding hydrogens is 574 g/mol. The fraction of sp³-hybridized carbons (Fsp3) is 0.194. The molecule has 9 nitrogen and oxygen atoms in total. The van der Waals surface area contributed by atoms with Crippen molar-refractivity contribution in [3.05, 3.63) is 107 Å². The van der Waals surface area contributed by atoms with Gasteiger partial charge in [0, 0.05) is 5.69 Å². The van der Waals surface area contributed by atoms with E-state index in [0.29, 0.717) is 28.4 Å². The number of hydrogen-bond acceptors (Lipinski definition) is 6. The van der Waals surface area contributed by atoms with E-state index in [1.54, 1.807) is 49.4 Å². The van der Waals surface area contributed by atoms with Crippen molar-refractivity contribution in [2.45, 2.75) is 37.5 Å². The summed E-state index contributed by atoms with van der Waals surface area (Å²) in [7, 11) is -6.59. The maximum Gasteiger partial charge on any atom is 0.264 e. The lowest BCUT2D eigenvalue weighted by Gasteiger charge is -2.26. The zero-order valence-corrected chi connectivity index (χ0v) is 25.6. The molecule has 0 heterocycles. The Balaban J connectivity index is 1.56. The molecule has 0 atom stereocenters. The quantitative estimate of drug-likeness (QED) is 0.243. The Bertz CT molecular complexity index is 1820. The normalized spacial score (nSPS) is 11.5. The summed E-state index contributed by atoms with van der Waals surface area (Å²) < 4.78 is 62.3.